The van der Waals surface area contributed by atoms with Crippen LogP contribution in [0.1, 0.15) is 10.4 Å². The number of anilines is 1. The number of carbonyl (C=O) groups is 2. The molecule has 11 heteroatoms. The third-order valence-electron chi connectivity index (χ3n) is 3.08. The van der Waals surface area contributed by atoms with Crippen molar-refractivity contribution in [2.45, 2.75) is 6.61 Å². The molecule has 8 nitrogen and oxygen atoms in total. The molecule has 2 rings (SSSR count). The third kappa shape index (κ3) is 5.89. The molecule has 0 aliphatic heterocycles. The van der Waals surface area contributed by atoms with E-state index in [2.05, 4.69) is 10.1 Å². The second-order valence-corrected chi connectivity index (χ2v) is 5.38. The topological polar surface area (TPSA) is 108 Å². The van der Waals surface area contributed by atoms with Gasteiger partial charge in [0.25, 0.3) is 11.6 Å². The number of ether oxygens (including phenoxy) is 2. The van der Waals surface area contributed by atoms with Crippen LogP contribution in [-0.4, -0.2) is 30.0 Å². The van der Waals surface area contributed by atoms with Crippen LogP contribution in [0.4, 0.5) is 20.2 Å². The molecule has 0 saturated heterocycles. The van der Waals surface area contributed by atoms with Crippen LogP contribution in [0.2, 0.25) is 5.02 Å². The number of amides is 1. The highest BCUT2D eigenvalue weighted by atomic mass is 35.5. The first-order valence-corrected chi connectivity index (χ1v) is 7.60. The van der Waals surface area contributed by atoms with Crippen molar-refractivity contribution in [3.05, 3.63) is 63.2 Å². The molecule has 142 valence electrons. The summed E-state index contributed by atoms with van der Waals surface area (Å²) in [4.78, 5) is 33.9. The summed E-state index contributed by atoms with van der Waals surface area (Å²) in [6, 6.07) is 8.22. The Labute approximate surface area is 155 Å². The van der Waals surface area contributed by atoms with Gasteiger partial charge in [0.2, 0.25) is 0 Å². The van der Waals surface area contributed by atoms with Crippen LogP contribution in [0, 0.1) is 10.1 Å². The van der Waals surface area contributed by atoms with Crippen LogP contribution in [0.15, 0.2) is 42.5 Å². The van der Waals surface area contributed by atoms with Crippen molar-refractivity contribution in [3.63, 3.8) is 0 Å². The molecule has 0 heterocycles. The monoisotopic (exact) mass is 400 g/mol. The Bertz CT molecular complexity index is 860. The average Bonchev–Trinajstić information content (AvgIpc) is 2.59. The van der Waals surface area contributed by atoms with Crippen LogP contribution in [-0.2, 0) is 9.53 Å². The molecule has 2 aromatic rings. The number of alkyl halides is 2. The van der Waals surface area contributed by atoms with Gasteiger partial charge in [0.1, 0.15) is 11.4 Å². The Balaban J connectivity index is 1.94. The number of halogens is 3. The number of esters is 1. The first-order chi connectivity index (χ1) is 12.8. The van der Waals surface area contributed by atoms with Crippen LogP contribution in [0.25, 0.3) is 0 Å². The smallest absolute Gasteiger partial charge is 0.387 e. The maximum absolute atomic E-state index is 12.1. The highest BCUT2D eigenvalue weighted by Crippen LogP contribution is 2.27. The van der Waals surface area contributed by atoms with E-state index in [-0.39, 0.29) is 27.7 Å². The molecule has 1 N–H and O–H groups in total. The zero-order chi connectivity index (χ0) is 20.0. The predicted octanol–water partition coefficient (Wildman–Crippen LogP) is 3.65. The van der Waals surface area contributed by atoms with E-state index in [0.717, 1.165) is 18.2 Å². The van der Waals surface area contributed by atoms with Crippen molar-refractivity contribution in [1.82, 2.24) is 0 Å². The van der Waals surface area contributed by atoms with E-state index in [1.807, 2.05) is 0 Å². The molecule has 0 aliphatic carbocycles. The summed E-state index contributed by atoms with van der Waals surface area (Å²) in [5.74, 6) is -1.87. The maximum atomic E-state index is 12.1. The van der Waals surface area contributed by atoms with Gasteiger partial charge in [-0.3, -0.25) is 14.9 Å². The summed E-state index contributed by atoms with van der Waals surface area (Å²) >= 11 is 5.74. The van der Waals surface area contributed by atoms with Crippen molar-refractivity contribution in [2.75, 3.05) is 11.9 Å². The van der Waals surface area contributed by atoms with Gasteiger partial charge in [-0.25, -0.2) is 4.79 Å². The fraction of sp³-hybridized carbons (Fsp3) is 0.125. The molecule has 0 aromatic heterocycles. The number of nitrogens with zero attached hydrogens (tertiary/aromatic N) is 1. The van der Waals surface area contributed by atoms with Crippen molar-refractivity contribution in [1.29, 1.82) is 0 Å². The number of benzene rings is 2. The van der Waals surface area contributed by atoms with E-state index in [1.165, 1.54) is 24.3 Å². The van der Waals surface area contributed by atoms with Crippen molar-refractivity contribution in [3.8, 4) is 5.75 Å². The highest BCUT2D eigenvalue weighted by molar-refractivity contribution is 6.31. The Hall–Kier alpha value is -3.27. The van der Waals surface area contributed by atoms with Crippen LogP contribution in [0.3, 0.4) is 0 Å². The predicted molar refractivity (Wildman–Crippen MR) is 90.1 cm³/mol. The van der Waals surface area contributed by atoms with E-state index < -0.39 is 30.0 Å². The molecular formula is C16H11ClF2N2O6. The number of hydrogen-bond donors (Lipinski definition) is 1. The lowest BCUT2D eigenvalue weighted by Crippen LogP contribution is -2.21. The normalized spacial score (nSPS) is 10.4. The first-order valence-electron chi connectivity index (χ1n) is 7.22. The minimum Gasteiger partial charge on any atom is -0.452 e. The molecular weight excluding hydrogens is 390 g/mol. The third-order valence-corrected chi connectivity index (χ3v) is 3.31. The van der Waals surface area contributed by atoms with E-state index in [1.54, 1.807) is 0 Å². The Kier molecular flexibility index (Phi) is 6.61. The van der Waals surface area contributed by atoms with Gasteiger partial charge in [-0.2, -0.15) is 8.78 Å². The molecule has 0 bridgehead atoms. The van der Waals surface area contributed by atoms with Gasteiger partial charge in [0, 0.05) is 11.1 Å². The summed E-state index contributed by atoms with van der Waals surface area (Å²) < 4.78 is 33.0. The lowest BCUT2D eigenvalue weighted by atomic mass is 10.2. The fourth-order valence-corrected chi connectivity index (χ4v) is 2.11. The van der Waals surface area contributed by atoms with Gasteiger partial charge in [0.15, 0.2) is 6.61 Å². The van der Waals surface area contributed by atoms with Crippen LogP contribution in [0.5, 0.6) is 5.75 Å². The Morgan fingerprint density at radius 2 is 1.85 bits per heavy atom. The fourth-order valence-electron chi connectivity index (χ4n) is 1.94. The lowest BCUT2D eigenvalue weighted by molar-refractivity contribution is -0.383. The number of nitrogens with one attached hydrogen (secondary N) is 1. The summed E-state index contributed by atoms with van der Waals surface area (Å²) in [5.41, 5.74) is -0.533. The quantitative estimate of drug-likeness (QED) is 0.432. The number of nitro benzene ring substituents is 1. The lowest BCUT2D eigenvalue weighted by Gasteiger charge is -2.08. The van der Waals surface area contributed by atoms with E-state index in [9.17, 15) is 28.5 Å². The molecule has 27 heavy (non-hydrogen) atoms. The molecule has 0 unspecified atom stereocenters. The van der Waals surface area contributed by atoms with E-state index in [4.69, 9.17) is 16.3 Å². The first kappa shape index (κ1) is 20.0. The van der Waals surface area contributed by atoms with Crippen molar-refractivity contribution < 1.29 is 32.8 Å². The number of nitro groups is 1. The standard InChI is InChI=1S/C16H11ClF2N2O6/c17-10-3-6-13(21(24)25)12(7-10)20-14(22)8-26-15(23)9-1-4-11(5-2-9)27-16(18)19/h1-7,16H,8H2,(H,20,22). The van der Waals surface area contributed by atoms with Gasteiger partial charge in [-0.05, 0) is 36.4 Å². The van der Waals surface area contributed by atoms with Gasteiger partial charge in [0.05, 0.1) is 10.5 Å². The molecule has 0 fully saturated rings. The second kappa shape index (κ2) is 8.90. The number of carbonyl (C=O) groups excluding carboxylic acids is 2. The minimum absolute atomic E-state index is 0.00171. The molecule has 0 saturated carbocycles. The maximum Gasteiger partial charge on any atom is 0.387 e. The van der Waals surface area contributed by atoms with Crippen LogP contribution < -0.4 is 10.1 Å². The number of hydrogen-bond acceptors (Lipinski definition) is 6. The van der Waals surface area contributed by atoms with E-state index in [0.29, 0.717) is 0 Å². The second-order valence-electron chi connectivity index (χ2n) is 4.95. The number of rotatable bonds is 7. The van der Waals surface area contributed by atoms with Crippen LogP contribution >= 0.6 is 11.6 Å². The summed E-state index contributed by atoms with van der Waals surface area (Å²) in [7, 11) is 0. The summed E-state index contributed by atoms with van der Waals surface area (Å²) in [6.07, 6.45) is 0. The van der Waals surface area contributed by atoms with Gasteiger partial charge >= 0.3 is 12.6 Å². The molecule has 0 aliphatic rings. The summed E-state index contributed by atoms with van der Waals surface area (Å²) in [6.45, 7) is -3.72. The molecule has 1 amide bonds. The summed E-state index contributed by atoms with van der Waals surface area (Å²) in [5, 5.41) is 13.3. The van der Waals surface area contributed by atoms with Gasteiger partial charge < -0.3 is 14.8 Å². The molecule has 0 spiro atoms. The zero-order valence-electron chi connectivity index (χ0n) is 13.4. The molecule has 0 radical (unpaired) electrons. The van der Waals surface area contributed by atoms with Crippen molar-refractivity contribution in [2.24, 2.45) is 0 Å². The van der Waals surface area contributed by atoms with E-state index >= 15 is 0 Å². The van der Waals surface area contributed by atoms with Gasteiger partial charge in [-0.1, -0.05) is 11.6 Å². The average molecular weight is 401 g/mol. The molecule has 2 aromatic carbocycles. The SMILES string of the molecule is O=C(COC(=O)c1ccc(OC(F)F)cc1)Nc1cc(Cl)ccc1[N+](=O)[O-]. The largest absolute Gasteiger partial charge is 0.452 e. The Morgan fingerprint density at radius 1 is 1.19 bits per heavy atom. The highest BCUT2D eigenvalue weighted by Gasteiger charge is 2.17. The van der Waals surface area contributed by atoms with Crippen molar-refractivity contribution >= 4 is 34.9 Å². The van der Waals surface area contributed by atoms with Gasteiger partial charge in [-0.15, -0.1) is 0 Å². The molecule has 0 atom stereocenters. The zero-order valence-corrected chi connectivity index (χ0v) is 14.1. The Morgan fingerprint density at radius 3 is 2.44 bits per heavy atom. The minimum atomic E-state index is -3.00.